The zero-order chi connectivity index (χ0) is 14.4. The summed E-state index contributed by atoms with van der Waals surface area (Å²) in [4.78, 5) is 12.0. The van der Waals surface area contributed by atoms with Crippen LogP contribution in [-0.4, -0.2) is 5.91 Å². The molecular weight excluding hydrogens is 316 g/mol. The summed E-state index contributed by atoms with van der Waals surface area (Å²) in [5, 5.41) is 2.88. The third kappa shape index (κ3) is 4.46. The van der Waals surface area contributed by atoms with Gasteiger partial charge in [0.15, 0.2) is 12.4 Å². The number of aromatic nitrogens is 1. The molecular formula is C16H18BrN2O+. The number of amides is 1. The number of rotatable bonds is 5. The molecule has 0 aliphatic heterocycles. The van der Waals surface area contributed by atoms with E-state index in [1.165, 1.54) is 5.56 Å². The highest BCUT2D eigenvalue weighted by molar-refractivity contribution is 9.10. The van der Waals surface area contributed by atoms with Crippen LogP contribution in [0.5, 0.6) is 0 Å². The first kappa shape index (κ1) is 14.7. The van der Waals surface area contributed by atoms with E-state index in [1.54, 1.807) is 0 Å². The molecule has 2 aromatic rings. The minimum absolute atomic E-state index is 0.0312. The van der Waals surface area contributed by atoms with E-state index in [0.717, 1.165) is 23.0 Å². The number of carbonyl (C=O) groups excluding carboxylic acids is 1. The van der Waals surface area contributed by atoms with Crippen molar-refractivity contribution in [3.8, 4) is 0 Å². The summed E-state index contributed by atoms with van der Waals surface area (Å²) >= 11 is 3.39. The number of aryl methyl sites for hydroxylation is 1. The number of hydrogen-bond acceptors (Lipinski definition) is 1. The van der Waals surface area contributed by atoms with Crippen LogP contribution in [0, 0.1) is 0 Å². The molecule has 4 heteroatoms. The summed E-state index contributed by atoms with van der Waals surface area (Å²) in [6.07, 6.45) is 6.11. The number of benzene rings is 1. The zero-order valence-electron chi connectivity index (χ0n) is 11.5. The molecule has 0 aliphatic rings. The Kier molecular flexibility index (Phi) is 5.30. The van der Waals surface area contributed by atoms with Gasteiger partial charge in [0.05, 0.1) is 0 Å². The Morgan fingerprint density at radius 1 is 1.25 bits per heavy atom. The van der Waals surface area contributed by atoms with Gasteiger partial charge in [0.2, 0.25) is 6.54 Å². The average molecular weight is 334 g/mol. The average Bonchev–Trinajstić information content (AvgIpc) is 2.41. The van der Waals surface area contributed by atoms with Gasteiger partial charge < -0.3 is 5.32 Å². The van der Waals surface area contributed by atoms with Crippen molar-refractivity contribution in [3.63, 3.8) is 0 Å². The largest absolute Gasteiger partial charge is 0.321 e. The summed E-state index contributed by atoms with van der Waals surface area (Å²) < 4.78 is 2.83. The van der Waals surface area contributed by atoms with Gasteiger partial charge >= 0.3 is 0 Å². The number of anilines is 1. The maximum Gasteiger partial charge on any atom is 0.290 e. The van der Waals surface area contributed by atoms with Gasteiger partial charge in [0.1, 0.15) is 0 Å². The lowest BCUT2D eigenvalue weighted by Gasteiger charge is -2.03. The molecule has 0 fully saturated rings. The fraction of sp³-hybridized carbons (Fsp3) is 0.250. The molecule has 104 valence electrons. The topological polar surface area (TPSA) is 33.0 Å². The third-order valence-corrected chi connectivity index (χ3v) is 3.43. The van der Waals surface area contributed by atoms with Gasteiger partial charge in [0.25, 0.3) is 5.91 Å². The van der Waals surface area contributed by atoms with E-state index in [0.29, 0.717) is 6.54 Å². The van der Waals surface area contributed by atoms with Crippen LogP contribution in [0.4, 0.5) is 5.69 Å². The standard InChI is InChI=1S/C16H17BrN2O/c1-2-4-13-7-9-19(10-8-13)12-16(20)18-15-6-3-5-14(17)11-15/h3,5-11H,2,4,12H2,1H3/p+1. The lowest BCUT2D eigenvalue weighted by atomic mass is 10.2. The highest BCUT2D eigenvalue weighted by atomic mass is 79.9. The van der Waals surface area contributed by atoms with E-state index in [4.69, 9.17) is 0 Å². The molecule has 0 saturated heterocycles. The fourth-order valence-electron chi connectivity index (χ4n) is 1.98. The first-order chi connectivity index (χ1) is 9.67. The lowest BCUT2D eigenvalue weighted by Crippen LogP contribution is -2.39. The molecule has 20 heavy (non-hydrogen) atoms. The second-order valence-electron chi connectivity index (χ2n) is 4.69. The Labute approximate surface area is 127 Å². The predicted octanol–water partition coefficient (Wildman–Crippen LogP) is 3.33. The molecule has 1 aromatic carbocycles. The minimum Gasteiger partial charge on any atom is -0.321 e. The molecule has 3 nitrogen and oxygen atoms in total. The van der Waals surface area contributed by atoms with Crippen LogP contribution in [0.25, 0.3) is 0 Å². The van der Waals surface area contributed by atoms with Crippen molar-refractivity contribution < 1.29 is 9.36 Å². The normalized spacial score (nSPS) is 10.3. The number of nitrogens with one attached hydrogen (secondary N) is 1. The molecule has 0 bridgehead atoms. The predicted molar refractivity (Wildman–Crippen MR) is 83.4 cm³/mol. The molecule has 0 spiro atoms. The first-order valence-electron chi connectivity index (χ1n) is 6.71. The zero-order valence-corrected chi connectivity index (χ0v) is 13.1. The maximum atomic E-state index is 12.0. The van der Waals surface area contributed by atoms with E-state index in [9.17, 15) is 4.79 Å². The van der Waals surface area contributed by atoms with E-state index >= 15 is 0 Å². The van der Waals surface area contributed by atoms with Crippen LogP contribution >= 0.6 is 15.9 Å². The number of nitrogens with zero attached hydrogens (tertiary/aromatic N) is 1. The Morgan fingerprint density at radius 3 is 2.65 bits per heavy atom. The highest BCUT2D eigenvalue weighted by Crippen LogP contribution is 2.15. The SMILES string of the molecule is CCCc1cc[n+](CC(=O)Nc2cccc(Br)c2)cc1. The molecule has 0 unspecified atom stereocenters. The third-order valence-electron chi connectivity index (χ3n) is 2.93. The molecule has 1 aromatic heterocycles. The molecule has 1 N–H and O–H groups in total. The van der Waals surface area contributed by atoms with Gasteiger partial charge in [-0.25, -0.2) is 0 Å². The fourth-order valence-corrected chi connectivity index (χ4v) is 2.38. The van der Waals surface area contributed by atoms with Crippen LogP contribution in [0.3, 0.4) is 0 Å². The smallest absolute Gasteiger partial charge is 0.290 e. The quantitative estimate of drug-likeness (QED) is 0.836. The van der Waals surface area contributed by atoms with Crippen LogP contribution in [0.15, 0.2) is 53.3 Å². The van der Waals surface area contributed by atoms with E-state index in [1.807, 2.05) is 41.2 Å². The van der Waals surface area contributed by atoms with Crippen molar-refractivity contribution in [1.29, 1.82) is 0 Å². The Hall–Kier alpha value is -1.68. The van der Waals surface area contributed by atoms with Crippen LogP contribution in [-0.2, 0) is 17.8 Å². The summed E-state index contributed by atoms with van der Waals surface area (Å²) in [5.41, 5.74) is 2.10. The molecule has 2 rings (SSSR count). The van der Waals surface area contributed by atoms with Crippen LogP contribution in [0.2, 0.25) is 0 Å². The molecule has 0 saturated carbocycles. The van der Waals surface area contributed by atoms with Crippen molar-refractivity contribution in [2.75, 3.05) is 5.32 Å². The number of pyridine rings is 1. The molecule has 1 heterocycles. The van der Waals surface area contributed by atoms with Crippen molar-refractivity contribution in [1.82, 2.24) is 0 Å². The summed E-state index contributed by atoms with van der Waals surface area (Å²) in [6, 6.07) is 11.7. The summed E-state index contributed by atoms with van der Waals surface area (Å²) in [7, 11) is 0. The van der Waals surface area contributed by atoms with Gasteiger partial charge in [-0.1, -0.05) is 35.3 Å². The van der Waals surface area contributed by atoms with Gasteiger partial charge in [0, 0.05) is 22.3 Å². The van der Waals surface area contributed by atoms with Gasteiger partial charge in [-0.3, -0.25) is 4.79 Å². The monoisotopic (exact) mass is 333 g/mol. The van der Waals surface area contributed by atoms with Crippen LogP contribution < -0.4 is 9.88 Å². The molecule has 0 aliphatic carbocycles. The first-order valence-corrected chi connectivity index (χ1v) is 7.50. The van der Waals surface area contributed by atoms with Crippen molar-refractivity contribution >= 4 is 27.5 Å². The van der Waals surface area contributed by atoms with Gasteiger partial charge in [-0.2, -0.15) is 4.57 Å². The maximum absolute atomic E-state index is 12.0. The van der Waals surface area contributed by atoms with Crippen LogP contribution in [0.1, 0.15) is 18.9 Å². The molecule has 1 amide bonds. The minimum atomic E-state index is -0.0312. The Bertz CT molecular complexity index is 581. The number of hydrogen-bond donors (Lipinski definition) is 1. The summed E-state index contributed by atoms with van der Waals surface area (Å²) in [6.45, 7) is 2.48. The van der Waals surface area contributed by atoms with E-state index in [2.05, 4.69) is 40.3 Å². The highest BCUT2D eigenvalue weighted by Gasteiger charge is 2.09. The second-order valence-corrected chi connectivity index (χ2v) is 5.60. The second kappa shape index (κ2) is 7.20. The summed E-state index contributed by atoms with van der Waals surface area (Å²) in [5.74, 6) is -0.0312. The van der Waals surface area contributed by atoms with E-state index < -0.39 is 0 Å². The lowest BCUT2D eigenvalue weighted by molar-refractivity contribution is -0.684. The van der Waals surface area contributed by atoms with E-state index in [-0.39, 0.29) is 5.91 Å². The van der Waals surface area contributed by atoms with Gasteiger partial charge in [-0.05, 0) is 30.2 Å². The van der Waals surface area contributed by atoms with Crippen molar-refractivity contribution in [2.24, 2.45) is 0 Å². The van der Waals surface area contributed by atoms with Crippen molar-refractivity contribution in [3.05, 3.63) is 58.8 Å². The number of carbonyl (C=O) groups is 1. The Balaban J connectivity index is 1.94. The number of halogens is 1. The molecule has 0 atom stereocenters. The van der Waals surface area contributed by atoms with Crippen molar-refractivity contribution in [2.45, 2.75) is 26.3 Å². The van der Waals surface area contributed by atoms with Gasteiger partial charge in [-0.15, -0.1) is 0 Å². The molecule has 0 radical (unpaired) electrons. The Morgan fingerprint density at radius 2 is 2.00 bits per heavy atom.